The van der Waals surface area contributed by atoms with Crippen molar-refractivity contribution in [2.45, 2.75) is 20.0 Å². The largest absolute Gasteiger partial charge is 0.491 e. The molecule has 0 aliphatic carbocycles. The summed E-state index contributed by atoms with van der Waals surface area (Å²) in [6.07, 6.45) is -0.934. The molecule has 8 nitrogen and oxygen atoms in total. The Morgan fingerprint density at radius 3 is 2.65 bits per heavy atom. The number of aliphatic hydroxyl groups is 2. The molecule has 4 rings (SSSR count). The van der Waals surface area contributed by atoms with Crippen LogP contribution in [0.4, 0.5) is 5.69 Å². The van der Waals surface area contributed by atoms with E-state index >= 15 is 0 Å². The summed E-state index contributed by atoms with van der Waals surface area (Å²) in [5, 5.41) is 22.0. The molecule has 4 aromatic rings. The number of carbonyl (C=O) groups is 1. The van der Waals surface area contributed by atoms with E-state index in [1.807, 2.05) is 26.0 Å². The van der Waals surface area contributed by atoms with E-state index in [1.54, 1.807) is 41.7 Å². The Morgan fingerprint density at radius 1 is 1.19 bits per heavy atom. The van der Waals surface area contributed by atoms with E-state index in [2.05, 4.69) is 20.3 Å². The predicted molar refractivity (Wildman–Crippen MR) is 120 cm³/mol. The van der Waals surface area contributed by atoms with E-state index in [-0.39, 0.29) is 19.1 Å². The molecule has 0 spiro atoms. The average molecular weight is 439 g/mol. The fraction of sp³-hybridized carbons (Fsp3) is 0.227. The van der Waals surface area contributed by atoms with Crippen molar-refractivity contribution in [1.82, 2.24) is 15.0 Å². The number of aromatic nitrogens is 3. The van der Waals surface area contributed by atoms with Crippen molar-refractivity contribution < 1.29 is 19.7 Å². The van der Waals surface area contributed by atoms with Crippen molar-refractivity contribution in [1.29, 1.82) is 0 Å². The topological polar surface area (TPSA) is 120 Å². The number of aromatic amines is 1. The van der Waals surface area contributed by atoms with E-state index < -0.39 is 6.10 Å². The number of imidazole rings is 1. The van der Waals surface area contributed by atoms with Gasteiger partial charge in [-0.05, 0) is 50.2 Å². The van der Waals surface area contributed by atoms with E-state index in [0.717, 1.165) is 21.1 Å². The van der Waals surface area contributed by atoms with Crippen molar-refractivity contribution >= 4 is 34.0 Å². The fourth-order valence-corrected chi connectivity index (χ4v) is 4.02. The van der Waals surface area contributed by atoms with E-state index in [4.69, 9.17) is 9.84 Å². The lowest BCUT2D eigenvalue weighted by atomic mass is 10.1. The highest BCUT2D eigenvalue weighted by Crippen LogP contribution is 2.30. The second-order valence-corrected chi connectivity index (χ2v) is 8.26. The van der Waals surface area contributed by atoms with Gasteiger partial charge in [0.25, 0.3) is 5.91 Å². The van der Waals surface area contributed by atoms with Crippen molar-refractivity contribution in [3.63, 3.8) is 0 Å². The number of carbonyl (C=O) groups excluding carboxylic acids is 1. The average Bonchev–Trinajstić information content (AvgIpc) is 3.34. The van der Waals surface area contributed by atoms with Gasteiger partial charge in [-0.25, -0.2) is 9.97 Å². The molecule has 0 bridgehead atoms. The molecule has 160 valence electrons. The number of thiazole rings is 1. The zero-order valence-corrected chi connectivity index (χ0v) is 17.9. The van der Waals surface area contributed by atoms with Gasteiger partial charge in [0.1, 0.15) is 24.0 Å². The Labute approximate surface area is 182 Å². The van der Waals surface area contributed by atoms with Crippen molar-refractivity contribution in [3.8, 4) is 16.5 Å². The van der Waals surface area contributed by atoms with Gasteiger partial charge in [-0.1, -0.05) is 6.07 Å². The number of H-pyrrole nitrogens is 1. The number of nitrogens with one attached hydrogen (secondary N) is 2. The number of fused-ring (bicyclic) bond motifs is 1. The lowest BCUT2D eigenvalue weighted by Crippen LogP contribution is -2.21. The highest BCUT2D eigenvalue weighted by Gasteiger charge is 2.17. The molecule has 0 radical (unpaired) electrons. The molecule has 4 N–H and O–H groups in total. The molecule has 0 saturated carbocycles. The minimum atomic E-state index is -0.934. The summed E-state index contributed by atoms with van der Waals surface area (Å²) in [5.41, 5.74) is 3.34. The van der Waals surface area contributed by atoms with E-state index in [9.17, 15) is 9.90 Å². The highest BCUT2D eigenvalue weighted by atomic mass is 32.1. The van der Waals surface area contributed by atoms with Gasteiger partial charge < -0.3 is 25.3 Å². The van der Waals surface area contributed by atoms with Crippen molar-refractivity contribution in [2.75, 3.05) is 18.5 Å². The molecule has 0 aliphatic heterocycles. The first-order valence-electron chi connectivity index (χ1n) is 9.71. The lowest BCUT2D eigenvalue weighted by Gasteiger charge is -2.11. The first-order valence-corrected chi connectivity index (χ1v) is 10.5. The number of aryl methyl sites for hydroxylation is 2. The summed E-state index contributed by atoms with van der Waals surface area (Å²) in [5.74, 6) is 0.954. The van der Waals surface area contributed by atoms with Crippen LogP contribution in [0.25, 0.3) is 21.7 Å². The fourth-order valence-electron chi connectivity index (χ4n) is 3.15. The maximum Gasteiger partial charge on any atom is 0.257 e. The number of amides is 1. The third-order valence-electron chi connectivity index (χ3n) is 4.64. The van der Waals surface area contributed by atoms with Gasteiger partial charge in [-0.15, -0.1) is 11.3 Å². The van der Waals surface area contributed by atoms with Gasteiger partial charge in [0.2, 0.25) is 0 Å². The summed E-state index contributed by atoms with van der Waals surface area (Å²) in [4.78, 5) is 26.3. The number of benzene rings is 2. The van der Waals surface area contributed by atoms with Gasteiger partial charge in [0, 0.05) is 5.69 Å². The number of aliphatic hydroxyl groups excluding tert-OH is 2. The SMILES string of the molecule is Cc1nc(C)c(-c2nc3c(C(=O)Nc4ccc(OC[C@H](O)CO)cc4)cccc3[nH]2)s1. The standard InChI is InChI=1S/C22H22N4O4S/c1-12-20(31-13(2)23-12)21-25-18-5-3-4-17(19(18)26-21)22(29)24-14-6-8-16(9-7-14)30-11-15(28)10-27/h3-9,15,27-28H,10-11H2,1-2H3,(H,24,29)(H,25,26)/t15-/m1/s1. The van der Waals surface area contributed by atoms with Crippen molar-refractivity contribution in [2.24, 2.45) is 0 Å². The number of anilines is 1. The Balaban J connectivity index is 1.53. The first-order chi connectivity index (χ1) is 14.9. The van der Waals surface area contributed by atoms with Gasteiger partial charge >= 0.3 is 0 Å². The zero-order chi connectivity index (χ0) is 22.0. The van der Waals surface area contributed by atoms with Crippen LogP contribution >= 0.6 is 11.3 Å². The normalized spacial score (nSPS) is 12.1. The van der Waals surface area contributed by atoms with Crippen LogP contribution in [0.3, 0.4) is 0 Å². The minimum absolute atomic E-state index is 0.00947. The number of rotatable bonds is 7. The molecule has 0 saturated heterocycles. The van der Waals surface area contributed by atoms with Gasteiger partial charge in [-0.3, -0.25) is 4.79 Å². The summed E-state index contributed by atoms with van der Waals surface area (Å²) in [6, 6.07) is 12.2. The molecule has 1 atom stereocenters. The molecule has 0 aliphatic rings. The number of ether oxygens (including phenoxy) is 1. The third kappa shape index (κ3) is 4.58. The first kappa shape index (κ1) is 21.0. The maximum atomic E-state index is 12.9. The Morgan fingerprint density at radius 2 is 1.97 bits per heavy atom. The Kier molecular flexibility index (Phi) is 5.99. The monoisotopic (exact) mass is 438 g/mol. The minimum Gasteiger partial charge on any atom is -0.491 e. The molecule has 0 unspecified atom stereocenters. The molecule has 31 heavy (non-hydrogen) atoms. The molecule has 9 heteroatoms. The quantitative estimate of drug-likeness (QED) is 0.351. The summed E-state index contributed by atoms with van der Waals surface area (Å²) >= 11 is 1.56. The molecule has 2 aromatic carbocycles. The summed E-state index contributed by atoms with van der Waals surface area (Å²) in [7, 11) is 0. The van der Waals surface area contributed by atoms with Crippen LogP contribution in [-0.2, 0) is 0 Å². The van der Waals surface area contributed by atoms with Gasteiger partial charge in [-0.2, -0.15) is 0 Å². The Hall–Kier alpha value is -3.27. The van der Waals surface area contributed by atoms with Crippen LogP contribution in [0.5, 0.6) is 5.75 Å². The van der Waals surface area contributed by atoms with Crippen molar-refractivity contribution in [3.05, 3.63) is 58.7 Å². The van der Waals surface area contributed by atoms with Gasteiger partial charge in [0.15, 0.2) is 5.82 Å². The van der Waals surface area contributed by atoms with Crippen LogP contribution in [0, 0.1) is 13.8 Å². The third-order valence-corrected chi connectivity index (χ3v) is 5.72. The molecule has 1 amide bonds. The van der Waals surface area contributed by atoms with Crippen LogP contribution in [-0.4, -0.2) is 50.4 Å². The number of hydrogen-bond donors (Lipinski definition) is 4. The van der Waals surface area contributed by atoms with Gasteiger partial charge in [0.05, 0.1) is 33.3 Å². The maximum absolute atomic E-state index is 12.9. The molecule has 0 fully saturated rings. The zero-order valence-electron chi connectivity index (χ0n) is 17.0. The molecule has 2 heterocycles. The van der Waals surface area contributed by atoms with Crippen LogP contribution in [0.1, 0.15) is 21.1 Å². The van der Waals surface area contributed by atoms with Crippen LogP contribution in [0.15, 0.2) is 42.5 Å². The predicted octanol–water partition coefficient (Wildman–Crippen LogP) is 3.29. The Bertz CT molecular complexity index is 1220. The lowest BCUT2D eigenvalue weighted by molar-refractivity contribution is 0.0536. The second kappa shape index (κ2) is 8.84. The number of hydrogen-bond acceptors (Lipinski definition) is 7. The number of para-hydroxylation sites is 1. The smallest absolute Gasteiger partial charge is 0.257 e. The molecular weight excluding hydrogens is 416 g/mol. The summed E-state index contributed by atoms with van der Waals surface area (Å²) < 4.78 is 5.38. The van der Waals surface area contributed by atoms with E-state index in [1.165, 1.54) is 0 Å². The summed E-state index contributed by atoms with van der Waals surface area (Å²) in [6.45, 7) is 3.52. The van der Waals surface area contributed by atoms with E-state index in [0.29, 0.717) is 28.3 Å². The highest BCUT2D eigenvalue weighted by molar-refractivity contribution is 7.15. The molecular formula is C22H22N4O4S. The van der Waals surface area contributed by atoms with Crippen LogP contribution in [0.2, 0.25) is 0 Å². The van der Waals surface area contributed by atoms with Crippen LogP contribution < -0.4 is 10.1 Å². The number of nitrogens with zero attached hydrogens (tertiary/aromatic N) is 2. The second-order valence-electron chi connectivity index (χ2n) is 7.06. The molecule has 2 aromatic heterocycles.